The first kappa shape index (κ1) is 17.4. The fourth-order valence-electron chi connectivity index (χ4n) is 2.49. The quantitative estimate of drug-likeness (QED) is 0.675. The molecule has 3 aromatic rings. The first-order valence-electron chi connectivity index (χ1n) is 7.77. The number of hydrogen-bond acceptors (Lipinski definition) is 7. The Morgan fingerprint density at radius 3 is 2.92 bits per heavy atom. The molecule has 134 valence electrons. The number of carbonyl (C=O) groups excluding carboxylic acids is 1. The molecule has 3 heterocycles. The average molecular weight is 411 g/mol. The Hall–Kier alpha value is -2.00. The molecule has 0 aliphatic carbocycles. The van der Waals surface area contributed by atoms with Crippen LogP contribution in [0.5, 0.6) is 0 Å². The second-order valence-corrected chi connectivity index (χ2v) is 7.39. The van der Waals surface area contributed by atoms with Crippen molar-refractivity contribution in [3.05, 3.63) is 45.2 Å². The Morgan fingerprint density at radius 2 is 2.15 bits per heavy atom. The van der Waals surface area contributed by atoms with E-state index >= 15 is 0 Å². The van der Waals surface area contributed by atoms with Crippen molar-refractivity contribution in [1.82, 2.24) is 15.2 Å². The molecule has 0 bridgehead atoms. The summed E-state index contributed by atoms with van der Waals surface area (Å²) in [5.41, 5.74) is 0.745. The summed E-state index contributed by atoms with van der Waals surface area (Å²) in [5, 5.41) is 12.7. The number of ether oxygens (including phenoxy) is 1. The van der Waals surface area contributed by atoms with Gasteiger partial charge in [0.2, 0.25) is 11.0 Å². The van der Waals surface area contributed by atoms with Crippen LogP contribution in [-0.2, 0) is 4.74 Å². The van der Waals surface area contributed by atoms with Gasteiger partial charge < -0.3 is 9.15 Å². The summed E-state index contributed by atoms with van der Waals surface area (Å²) in [6, 6.07) is 4.97. The van der Waals surface area contributed by atoms with Gasteiger partial charge in [-0.25, -0.2) is 4.98 Å². The monoisotopic (exact) mass is 410 g/mol. The lowest BCUT2D eigenvalue weighted by Gasteiger charge is -2.02. The highest BCUT2D eigenvalue weighted by Gasteiger charge is 2.23. The highest BCUT2D eigenvalue weighted by atomic mass is 35.5. The van der Waals surface area contributed by atoms with Gasteiger partial charge in [-0.05, 0) is 31.0 Å². The maximum Gasteiger partial charge on any atom is 0.279 e. The van der Waals surface area contributed by atoms with Gasteiger partial charge in [-0.2, -0.15) is 0 Å². The molecule has 4 rings (SSSR count). The van der Waals surface area contributed by atoms with Crippen LogP contribution in [0.15, 0.2) is 28.9 Å². The van der Waals surface area contributed by atoms with Crippen LogP contribution in [0.1, 0.15) is 34.4 Å². The minimum Gasteiger partial charge on any atom is -0.444 e. The van der Waals surface area contributed by atoms with Crippen molar-refractivity contribution in [2.45, 2.75) is 18.9 Å². The first-order valence-corrected chi connectivity index (χ1v) is 9.35. The van der Waals surface area contributed by atoms with Crippen LogP contribution < -0.4 is 5.32 Å². The molecule has 7 nitrogen and oxygen atoms in total. The van der Waals surface area contributed by atoms with Gasteiger partial charge in [-0.15, -0.1) is 10.2 Å². The highest BCUT2D eigenvalue weighted by Crippen LogP contribution is 2.32. The molecule has 1 N–H and O–H groups in total. The van der Waals surface area contributed by atoms with Crippen LogP contribution in [0.2, 0.25) is 10.0 Å². The number of benzene rings is 1. The van der Waals surface area contributed by atoms with E-state index in [0.29, 0.717) is 20.7 Å². The van der Waals surface area contributed by atoms with E-state index in [1.165, 1.54) is 17.6 Å². The lowest BCUT2D eigenvalue weighted by Crippen LogP contribution is -2.12. The van der Waals surface area contributed by atoms with Crippen molar-refractivity contribution < 1.29 is 13.9 Å². The summed E-state index contributed by atoms with van der Waals surface area (Å²) >= 11 is 13.2. The molecule has 0 saturated carbocycles. The predicted molar refractivity (Wildman–Crippen MR) is 97.7 cm³/mol. The van der Waals surface area contributed by atoms with E-state index in [0.717, 1.165) is 24.5 Å². The molecule has 1 atom stereocenters. The Balaban J connectivity index is 1.47. The van der Waals surface area contributed by atoms with E-state index in [-0.39, 0.29) is 17.7 Å². The zero-order valence-electron chi connectivity index (χ0n) is 13.2. The zero-order chi connectivity index (χ0) is 18.1. The Bertz CT molecular complexity index is 953. The predicted octanol–water partition coefficient (Wildman–Crippen LogP) is 4.60. The fourth-order valence-corrected chi connectivity index (χ4v) is 3.61. The van der Waals surface area contributed by atoms with Crippen LogP contribution in [0.3, 0.4) is 0 Å². The van der Waals surface area contributed by atoms with Crippen LogP contribution >= 0.6 is 34.5 Å². The molecule has 10 heteroatoms. The number of rotatable bonds is 4. The average Bonchev–Trinajstić information content (AvgIpc) is 3.38. The van der Waals surface area contributed by atoms with Crippen molar-refractivity contribution in [3.63, 3.8) is 0 Å². The fraction of sp³-hybridized carbons (Fsp3) is 0.250. The first-order chi connectivity index (χ1) is 12.6. The third-order valence-corrected chi connectivity index (χ3v) is 5.44. The second kappa shape index (κ2) is 7.32. The van der Waals surface area contributed by atoms with Gasteiger partial charge in [0.15, 0.2) is 5.69 Å². The minimum atomic E-state index is -0.435. The number of aromatic nitrogens is 3. The number of anilines is 1. The normalized spacial score (nSPS) is 16.8. The van der Waals surface area contributed by atoms with E-state index in [1.54, 1.807) is 18.2 Å². The summed E-state index contributed by atoms with van der Waals surface area (Å²) in [7, 11) is 0. The van der Waals surface area contributed by atoms with E-state index in [9.17, 15) is 4.79 Å². The smallest absolute Gasteiger partial charge is 0.279 e. The number of carbonyl (C=O) groups is 1. The third kappa shape index (κ3) is 3.59. The van der Waals surface area contributed by atoms with Crippen LogP contribution in [0, 0.1) is 0 Å². The molecular formula is C16H12Cl2N4O3S. The minimum absolute atomic E-state index is 0.0357. The Morgan fingerprint density at radius 1 is 1.27 bits per heavy atom. The lowest BCUT2D eigenvalue weighted by molar-refractivity contribution is 0.102. The maximum absolute atomic E-state index is 12.3. The Labute approximate surface area is 162 Å². The van der Waals surface area contributed by atoms with Crippen LogP contribution in [0.25, 0.3) is 11.5 Å². The molecule has 1 unspecified atom stereocenters. The van der Waals surface area contributed by atoms with Crippen molar-refractivity contribution in [2.24, 2.45) is 0 Å². The Kier molecular flexibility index (Phi) is 4.90. The van der Waals surface area contributed by atoms with Crippen molar-refractivity contribution >= 4 is 45.6 Å². The number of halogens is 2. The number of oxazole rings is 1. The van der Waals surface area contributed by atoms with Gasteiger partial charge in [-0.3, -0.25) is 10.1 Å². The van der Waals surface area contributed by atoms with E-state index in [2.05, 4.69) is 20.5 Å². The van der Waals surface area contributed by atoms with Gasteiger partial charge >= 0.3 is 0 Å². The molecule has 1 aliphatic rings. The SMILES string of the molecule is O=C(Nc1nnc(C2CCCO2)s1)c1coc(-c2ccc(Cl)c(Cl)c2)n1. The van der Waals surface area contributed by atoms with E-state index in [1.807, 2.05) is 0 Å². The number of nitrogens with one attached hydrogen (secondary N) is 1. The molecule has 0 spiro atoms. The molecule has 1 saturated heterocycles. The summed E-state index contributed by atoms with van der Waals surface area (Å²) in [6.45, 7) is 0.725. The van der Waals surface area contributed by atoms with Crippen molar-refractivity contribution in [3.8, 4) is 11.5 Å². The topological polar surface area (TPSA) is 90.1 Å². The molecule has 26 heavy (non-hydrogen) atoms. The molecule has 1 aromatic carbocycles. The van der Waals surface area contributed by atoms with E-state index in [4.69, 9.17) is 32.4 Å². The molecule has 1 fully saturated rings. The standard InChI is InChI=1S/C16H12Cl2N4O3S/c17-9-4-3-8(6-10(9)18)14-19-11(7-25-14)13(23)20-16-22-21-15(26-16)12-2-1-5-24-12/h3-4,6-7,12H,1-2,5H2,(H,20,22,23). The third-order valence-electron chi connectivity index (χ3n) is 3.77. The zero-order valence-corrected chi connectivity index (χ0v) is 15.6. The van der Waals surface area contributed by atoms with Gasteiger partial charge in [0.25, 0.3) is 5.91 Å². The lowest BCUT2D eigenvalue weighted by atomic mass is 10.2. The molecular weight excluding hydrogens is 399 g/mol. The van der Waals surface area contributed by atoms with Crippen molar-refractivity contribution in [2.75, 3.05) is 11.9 Å². The summed E-state index contributed by atoms with van der Waals surface area (Å²) in [4.78, 5) is 16.5. The molecule has 0 radical (unpaired) electrons. The van der Waals surface area contributed by atoms with Crippen LogP contribution in [0.4, 0.5) is 5.13 Å². The van der Waals surface area contributed by atoms with Gasteiger partial charge in [0.1, 0.15) is 17.4 Å². The van der Waals surface area contributed by atoms with Gasteiger partial charge in [-0.1, -0.05) is 34.5 Å². The molecule has 1 amide bonds. The largest absolute Gasteiger partial charge is 0.444 e. The number of nitrogens with zero attached hydrogens (tertiary/aromatic N) is 3. The number of amides is 1. The summed E-state index contributed by atoms with van der Waals surface area (Å²) < 4.78 is 10.9. The molecule has 2 aromatic heterocycles. The number of hydrogen-bond donors (Lipinski definition) is 1. The van der Waals surface area contributed by atoms with Gasteiger partial charge in [0.05, 0.1) is 10.0 Å². The van der Waals surface area contributed by atoms with Crippen molar-refractivity contribution in [1.29, 1.82) is 0 Å². The van der Waals surface area contributed by atoms with E-state index < -0.39 is 5.91 Å². The molecule has 1 aliphatic heterocycles. The summed E-state index contributed by atoms with van der Waals surface area (Å²) in [5.74, 6) is -0.166. The highest BCUT2D eigenvalue weighted by molar-refractivity contribution is 7.15. The summed E-state index contributed by atoms with van der Waals surface area (Å²) in [6.07, 6.45) is 3.16. The van der Waals surface area contributed by atoms with Crippen LogP contribution in [-0.4, -0.2) is 27.7 Å². The maximum atomic E-state index is 12.3. The second-order valence-electron chi connectivity index (χ2n) is 5.57. The van der Waals surface area contributed by atoms with Gasteiger partial charge in [0, 0.05) is 12.2 Å².